The number of hydrogen-bond donors (Lipinski definition) is 0. The highest BCUT2D eigenvalue weighted by atomic mass is 35.5. The summed E-state index contributed by atoms with van der Waals surface area (Å²) in [6.45, 7) is 8.44. The van der Waals surface area contributed by atoms with Gasteiger partial charge in [0.05, 0.1) is 10.2 Å². The Kier molecular flexibility index (Phi) is 7.57. The van der Waals surface area contributed by atoms with E-state index in [1.807, 2.05) is 27.2 Å². The lowest BCUT2D eigenvalue weighted by Crippen LogP contribution is -2.33. The number of halogens is 1. The van der Waals surface area contributed by atoms with Crippen molar-refractivity contribution in [2.45, 2.75) is 33.7 Å². The molecule has 0 unspecified atom stereocenters. The molecule has 0 radical (unpaired) electrons. The molecule has 152 valence electrons. The fourth-order valence-corrected chi connectivity index (χ4v) is 4.26. The Morgan fingerprint density at radius 3 is 2.61 bits per heavy atom. The maximum atomic E-state index is 13.2. The number of aromatic nitrogens is 3. The maximum absolute atomic E-state index is 13.2. The minimum atomic E-state index is -0.0885. The third-order valence-electron chi connectivity index (χ3n) is 4.47. The first kappa shape index (κ1) is 22.3. The molecule has 0 aliphatic rings. The first-order chi connectivity index (χ1) is 12.9. The summed E-state index contributed by atoms with van der Waals surface area (Å²) in [6, 6.07) is 6.05. The number of amides is 1. The Morgan fingerprint density at radius 2 is 1.96 bits per heavy atom. The summed E-state index contributed by atoms with van der Waals surface area (Å²) in [5.74, 6) is -0.0885. The van der Waals surface area contributed by atoms with Crippen molar-refractivity contribution in [2.24, 2.45) is 0 Å². The normalized spacial score (nSPS) is 11.1. The predicted molar refractivity (Wildman–Crippen MR) is 119 cm³/mol. The van der Waals surface area contributed by atoms with Gasteiger partial charge in [0.15, 0.2) is 10.8 Å². The maximum Gasteiger partial charge on any atom is 0.280 e. The minimum Gasteiger partial charge on any atom is -0.309 e. The van der Waals surface area contributed by atoms with Crippen LogP contribution in [0.4, 0.5) is 5.13 Å². The van der Waals surface area contributed by atoms with E-state index in [2.05, 4.69) is 36.0 Å². The Bertz CT molecular complexity index is 949. The van der Waals surface area contributed by atoms with Crippen molar-refractivity contribution in [3.05, 3.63) is 41.2 Å². The molecule has 0 aliphatic carbocycles. The van der Waals surface area contributed by atoms with Crippen molar-refractivity contribution in [1.82, 2.24) is 19.7 Å². The molecule has 8 heteroatoms. The van der Waals surface area contributed by atoms with Gasteiger partial charge >= 0.3 is 0 Å². The highest BCUT2D eigenvalue weighted by Gasteiger charge is 2.23. The SMILES string of the molecule is CCn1ccc(C(=O)N(CCCN(C)C)c2nc3c(C)cc(C)cc3s2)n1.Cl. The number of aryl methyl sites for hydroxylation is 3. The zero-order chi connectivity index (χ0) is 19.6. The van der Waals surface area contributed by atoms with Crippen molar-refractivity contribution in [1.29, 1.82) is 0 Å². The second-order valence-electron chi connectivity index (χ2n) is 7.10. The van der Waals surface area contributed by atoms with Gasteiger partial charge in [0.1, 0.15) is 0 Å². The van der Waals surface area contributed by atoms with Gasteiger partial charge in [0.2, 0.25) is 0 Å². The topological polar surface area (TPSA) is 54.3 Å². The molecule has 0 aliphatic heterocycles. The average molecular weight is 422 g/mol. The van der Waals surface area contributed by atoms with Crippen molar-refractivity contribution in [3.8, 4) is 0 Å². The number of nitrogens with zero attached hydrogens (tertiary/aromatic N) is 5. The second-order valence-corrected chi connectivity index (χ2v) is 8.10. The molecule has 0 N–H and O–H groups in total. The van der Waals surface area contributed by atoms with Crippen LogP contribution in [0.15, 0.2) is 24.4 Å². The molecule has 0 spiro atoms. The van der Waals surface area contributed by atoms with E-state index in [4.69, 9.17) is 4.98 Å². The molecule has 1 aromatic carbocycles. The molecule has 28 heavy (non-hydrogen) atoms. The van der Waals surface area contributed by atoms with Crippen LogP contribution >= 0.6 is 23.7 Å². The Labute approximate surface area is 176 Å². The van der Waals surface area contributed by atoms with E-state index in [0.29, 0.717) is 12.2 Å². The number of carbonyl (C=O) groups excluding carboxylic acids is 1. The molecule has 0 saturated heterocycles. The Balaban J connectivity index is 0.00000280. The number of anilines is 1. The summed E-state index contributed by atoms with van der Waals surface area (Å²) in [7, 11) is 4.08. The van der Waals surface area contributed by atoms with Gasteiger partial charge in [-0.25, -0.2) is 4.98 Å². The third-order valence-corrected chi connectivity index (χ3v) is 5.49. The summed E-state index contributed by atoms with van der Waals surface area (Å²) in [5, 5.41) is 5.14. The van der Waals surface area contributed by atoms with E-state index in [-0.39, 0.29) is 18.3 Å². The van der Waals surface area contributed by atoms with Crippen LogP contribution in [-0.2, 0) is 6.54 Å². The lowest BCUT2D eigenvalue weighted by molar-refractivity contribution is 0.0980. The molecule has 0 atom stereocenters. The van der Waals surface area contributed by atoms with Crippen molar-refractivity contribution in [2.75, 3.05) is 32.1 Å². The largest absolute Gasteiger partial charge is 0.309 e. The van der Waals surface area contributed by atoms with Crippen molar-refractivity contribution < 1.29 is 4.79 Å². The van der Waals surface area contributed by atoms with Gasteiger partial charge in [-0.15, -0.1) is 12.4 Å². The van der Waals surface area contributed by atoms with Gasteiger partial charge in [-0.05, 0) is 71.1 Å². The number of benzene rings is 1. The predicted octanol–water partition coefficient (Wildman–Crippen LogP) is 4.15. The molecule has 3 aromatic rings. The first-order valence-electron chi connectivity index (χ1n) is 9.27. The molecular formula is C20H28ClN5OS. The van der Waals surface area contributed by atoms with E-state index in [9.17, 15) is 4.79 Å². The molecule has 0 bridgehead atoms. The molecule has 0 fully saturated rings. The summed E-state index contributed by atoms with van der Waals surface area (Å²) < 4.78 is 2.89. The standard InChI is InChI=1S/C20H27N5OS.ClH/c1-6-24-11-8-16(22-24)19(26)25(10-7-9-23(4)5)20-21-18-15(3)12-14(2)13-17(18)27-20;/h8,11-13H,6-7,9-10H2,1-5H3;1H. The quantitative estimate of drug-likeness (QED) is 0.575. The molecular weight excluding hydrogens is 394 g/mol. The van der Waals surface area contributed by atoms with Crippen LogP contribution < -0.4 is 4.90 Å². The second kappa shape index (κ2) is 9.49. The van der Waals surface area contributed by atoms with Crippen molar-refractivity contribution in [3.63, 3.8) is 0 Å². The first-order valence-corrected chi connectivity index (χ1v) is 10.1. The van der Waals surface area contributed by atoms with Gasteiger partial charge in [-0.3, -0.25) is 14.4 Å². The van der Waals surface area contributed by atoms with Crippen LogP contribution in [0.1, 0.15) is 35.0 Å². The fourth-order valence-electron chi connectivity index (χ4n) is 3.09. The van der Waals surface area contributed by atoms with Crippen LogP contribution in [0, 0.1) is 13.8 Å². The van der Waals surface area contributed by atoms with Crippen LogP contribution in [0.3, 0.4) is 0 Å². The highest BCUT2D eigenvalue weighted by molar-refractivity contribution is 7.22. The summed E-state index contributed by atoms with van der Waals surface area (Å²) in [6.07, 6.45) is 2.72. The van der Waals surface area contributed by atoms with E-state index in [1.54, 1.807) is 27.0 Å². The zero-order valence-electron chi connectivity index (χ0n) is 17.1. The smallest absolute Gasteiger partial charge is 0.280 e. The monoisotopic (exact) mass is 421 g/mol. The van der Waals surface area contributed by atoms with E-state index in [0.717, 1.165) is 40.4 Å². The molecule has 6 nitrogen and oxygen atoms in total. The average Bonchev–Trinajstić information content (AvgIpc) is 3.24. The van der Waals surface area contributed by atoms with E-state index >= 15 is 0 Å². The van der Waals surface area contributed by atoms with Gasteiger partial charge < -0.3 is 4.90 Å². The molecule has 2 aromatic heterocycles. The molecule has 0 saturated carbocycles. The summed E-state index contributed by atoms with van der Waals surface area (Å²) >= 11 is 1.57. The summed E-state index contributed by atoms with van der Waals surface area (Å²) in [4.78, 5) is 21.9. The minimum absolute atomic E-state index is 0. The van der Waals surface area contributed by atoms with Crippen LogP contribution in [-0.4, -0.2) is 52.8 Å². The zero-order valence-corrected chi connectivity index (χ0v) is 18.7. The highest BCUT2D eigenvalue weighted by Crippen LogP contribution is 2.32. The Morgan fingerprint density at radius 1 is 1.21 bits per heavy atom. The van der Waals surface area contributed by atoms with Crippen LogP contribution in [0.25, 0.3) is 10.2 Å². The molecule has 2 heterocycles. The molecule has 1 amide bonds. The van der Waals surface area contributed by atoms with Crippen molar-refractivity contribution >= 4 is 45.0 Å². The fraction of sp³-hybridized carbons (Fsp3) is 0.450. The number of rotatable bonds is 7. The number of hydrogen-bond acceptors (Lipinski definition) is 5. The van der Waals surface area contributed by atoms with Gasteiger partial charge in [-0.1, -0.05) is 17.4 Å². The third kappa shape index (κ3) is 4.90. The van der Waals surface area contributed by atoms with E-state index < -0.39 is 0 Å². The molecule has 3 rings (SSSR count). The van der Waals surface area contributed by atoms with Crippen LogP contribution in [0.2, 0.25) is 0 Å². The summed E-state index contributed by atoms with van der Waals surface area (Å²) in [5.41, 5.74) is 3.80. The van der Waals surface area contributed by atoms with E-state index in [1.165, 1.54) is 5.56 Å². The number of fused-ring (bicyclic) bond motifs is 1. The Hall–Kier alpha value is -1.96. The van der Waals surface area contributed by atoms with Gasteiger partial charge in [-0.2, -0.15) is 5.10 Å². The number of thiazole rings is 1. The lowest BCUT2D eigenvalue weighted by Gasteiger charge is -2.20. The number of carbonyl (C=O) groups is 1. The lowest BCUT2D eigenvalue weighted by atomic mass is 10.1. The van der Waals surface area contributed by atoms with Gasteiger partial charge in [0, 0.05) is 19.3 Å². The van der Waals surface area contributed by atoms with Gasteiger partial charge in [0.25, 0.3) is 5.91 Å². The van der Waals surface area contributed by atoms with Crippen LogP contribution in [0.5, 0.6) is 0 Å².